The molecule has 1 unspecified atom stereocenters. The van der Waals surface area contributed by atoms with Crippen molar-refractivity contribution in [3.8, 4) is 11.1 Å². The first kappa shape index (κ1) is 21.7. The predicted octanol–water partition coefficient (Wildman–Crippen LogP) is 2.17. The molecular formula is C18H18FN7O5P+. The molecule has 2 aromatic heterocycles. The van der Waals surface area contributed by atoms with Gasteiger partial charge in [0.25, 0.3) is 5.95 Å². The Bertz CT molecular complexity index is 1160. The highest BCUT2D eigenvalue weighted by atomic mass is 31.1. The van der Waals surface area contributed by atoms with Gasteiger partial charge in [0.2, 0.25) is 0 Å². The molecule has 1 aliphatic heterocycles. The van der Waals surface area contributed by atoms with Crippen molar-refractivity contribution in [2.45, 2.75) is 6.10 Å². The molecule has 0 spiro atoms. The van der Waals surface area contributed by atoms with E-state index in [0.29, 0.717) is 28.6 Å². The van der Waals surface area contributed by atoms with Crippen molar-refractivity contribution in [2.75, 3.05) is 30.0 Å². The molecule has 14 heteroatoms. The number of cyclic esters (lactones) is 1. The van der Waals surface area contributed by atoms with Crippen molar-refractivity contribution in [3.63, 3.8) is 0 Å². The molecule has 2 atom stereocenters. The van der Waals surface area contributed by atoms with Gasteiger partial charge in [-0.15, -0.1) is 14.5 Å². The molecule has 1 N–H and O–H groups in total. The number of amides is 1. The number of tetrazole rings is 1. The van der Waals surface area contributed by atoms with Crippen LogP contribution in [-0.2, 0) is 20.9 Å². The number of halogens is 1. The van der Waals surface area contributed by atoms with Gasteiger partial charge in [-0.2, -0.15) is 4.80 Å². The first-order valence-corrected chi connectivity index (χ1v) is 10.5. The van der Waals surface area contributed by atoms with E-state index in [-0.39, 0.29) is 13.2 Å². The van der Waals surface area contributed by atoms with Crippen molar-refractivity contribution in [1.82, 2.24) is 25.2 Å². The highest BCUT2D eigenvalue weighted by Crippen LogP contribution is 2.30. The first-order valence-electron chi connectivity index (χ1n) is 9.32. The summed E-state index contributed by atoms with van der Waals surface area (Å²) in [6.45, 7) is -0.162. The third-order valence-corrected chi connectivity index (χ3v) is 5.08. The molecule has 3 heterocycles. The van der Waals surface area contributed by atoms with Gasteiger partial charge in [-0.3, -0.25) is 9.80 Å². The number of hydrogen-bond acceptors (Lipinski definition) is 9. The first-order chi connectivity index (χ1) is 15.3. The van der Waals surface area contributed by atoms with Crippen LogP contribution in [0.4, 0.5) is 26.6 Å². The molecule has 1 aromatic carbocycles. The van der Waals surface area contributed by atoms with Crippen LogP contribution in [0.5, 0.6) is 0 Å². The normalized spacial score (nSPS) is 16.2. The molecule has 0 bridgehead atoms. The van der Waals surface area contributed by atoms with E-state index in [1.165, 1.54) is 28.0 Å². The largest absolute Gasteiger partial charge is 0.694 e. The average molecular weight is 462 g/mol. The van der Waals surface area contributed by atoms with Crippen molar-refractivity contribution >= 4 is 31.8 Å². The van der Waals surface area contributed by atoms with Gasteiger partial charge in [0.15, 0.2) is 0 Å². The highest BCUT2D eigenvalue weighted by Gasteiger charge is 2.35. The minimum atomic E-state index is -2.79. The fourth-order valence-corrected chi connectivity index (χ4v) is 3.42. The molecular weight excluding hydrogens is 444 g/mol. The molecule has 3 aromatic rings. The van der Waals surface area contributed by atoms with Crippen LogP contribution in [0.15, 0.2) is 36.5 Å². The Labute approximate surface area is 182 Å². The molecule has 166 valence electrons. The monoisotopic (exact) mass is 462 g/mol. The quantitative estimate of drug-likeness (QED) is 0.520. The number of nitrogens with zero attached hydrogens (tertiary/aromatic N) is 7. The maximum Gasteiger partial charge on any atom is 0.694 e. The second-order valence-electron chi connectivity index (χ2n) is 6.86. The lowest BCUT2D eigenvalue weighted by Gasteiger charge is -2.15. The molecule has 4 rings (SSSR count). The summed E-state index contributed by atoms with van der Waals surface area (Å²) >= 11 is 0. The van der Waals surface area contributed by atoms with Gasteiger partial charge in [0.1, 0.15) is 24.3 Å². The number of benzene rings is 1. The molecule has 0 aliphatic carbocycles. The summed E-state index contributed by atoms with van der Waals surface area (Å²) in [4.78, 5) is 29.3. The van der Waals surface area contributed by atoms with Crippen LogP contribution in [0, 0.1) is 5.82 Å². The summed E-state index contributed by atoms with van der Waals surface area (Å²) in [5.41, 5.74) is 1.14. The van der Waals surface area contributed by atoms with Crippen molar-refractivity contribution in [3.05, 3.63) is 42.3 Å². The second kappa shape index (κ2) is 8.91. The summed E-state index contributed by atoms with van der Waals surface area (Å²) in [5, 5.41) is 11.8. The van der Waals surface area contributed by atoms with E-state index in [4.69, 9.17) is 9.63 Å². The van der Waals surface area contributed by atoms with E-state index < -0.39 is 26.3 Å². The van der Waals surface area contributed by atoms with Crippen LogP contribution >= 0.6 is 8.25 Å². The van der Waals surface area contributed by atoms with Crippen LogP contribution in [0.1, 0.15) is 0 Å². The Balaban J connectivity index is 1.49. The van der Waals surface area contributed by atoms with E-state index in [1.54, 1.807) is 37.2 Å². The summed E-state index contributed by atoms with van der Waals surface area (Å²) in [7, 11) is 0.597. The fraction of sp³-hybridized carbons (Fsp3) is 0.278. The van der Waals surface area contributed by atoms with Crippen molar-refractivity contribution in [1.29, 1.82) is 0 Å². The topological polar surface area (TPSA) is 136 Å². The zero-order valence-electron chi connectivity index (χ0n) is 17.0. The third-order valence-electron chi connectivity index (χ3n) is 4.71. The summed E-state index contributed by atoms with van der Waals surface area (Å²) in [6, 6.07) is 7.75. The van der Waals surface area contributed by atoms with Crippen LogP contribution in [0.25, 0.3) is 11.1 Å². The molecule has 0 saturated carbocycles. The van der Waals surface area contributed by atoms with Gasteiger partial charge < -0.3 is 4.74 Å². The van der Waals surface area contributed by atoms with Gasteiger partial charge in [-0.1, -0.05) is 5.10 Å². The van der Waals surface area contributed by atoms with E-state index in [9.17, 15) is 13.8 Å². The van der Waals surface area contributed by atoms with E-state index in [1.807, 2.05) is 0 Å². The van der Waals surface area contributed by atoms with E-state index in [2.05, 4.69) is 24.9 Å². The number of pyridine rings is 1. The smallest absolute Gasteiger partial charge is 0.441 e. The van der Waals surface area contributed by atoms with Gasteiger partial charge in [0, 0.05) is 28.9 Å². The number of carbonyl (C=O) groups is 1. The molecule has 1 fully saturated rings. The number of ether oxygens (including phenoxy) is 1. The SMILES string of the molecule is CN(c1ccc(-c2ccc(N3C[C@H](CO[P+](=O)O)OC3=O)cc2F)cn1)c1nnn(C)n1. The molecule has 0 radical (unpaired) electrons. The second-order valence-corrected chi connectivity index (χ2v) is 7.59. The fourth-order valence-electron chi connectivity index (χ4n) is 3.13. The minimum absolute atomic E-state index is 0.0692. The number of anilines is 3. The Morgan fingerprint density at radius 3 is 2.81 bits per heavy atom. The maximum absolute atomic E-state index is 14.8. The summed E-state index contributed by atoms with van der Waals surface area (Å²) in [5.74, 6) is 0.374. The van der Waals surface area contributed by atoms with E-state index in [0.717, 1.165) is 0 Å². The predicted molar refractivity (Wildman–Crippen MR) is 110 cm³/mol. The average Bonchev–Trinajstić information content (AvgIpc) is 3.37. The third kappa shape index (κ3) is 4.54. The molecule has 1 aliphatic rings. The summed E-state index contributed by atoms with van der Waals surface area (Å²) < 4.78 is 35.1. The Morgan fingerprint density at radius 2 is 2.19 bits per heavy atom. The van der Waals surface area contributed by atoms with Gasteiger partial charge in [-0.05, 0) is 35.5 Å². The molecule has 12 nitrogen and oxygen atoms in total. The number of hydrogen-bond donors (Lipinski definition) is 1. The van der Waals surface area contributed by atoms with E-state index >= 15 is 0 Å². The Morgan fingerprint density at radius 1 is 1.38 bits per heavy atom. The minimum Gasteiger partial charge on any atom is -0.441 e. The Kier molecular flexibility index (Phi) is 6.04. The number of rotatable bonds is 7. The highest BCUT2D eigenvalue weighted by molar-refractivity contribution is 7.32. The number of aromatic nitrogens is 5. The number of carbonyl (C=O) groups excluding carboxylic acids is 1. The van der Waals surface area contributed by atoms with Crippen molar-refractivity contribution < 1.29 is 27.9 Å². The van der Waals surface area contributed by atoms with Gasteiger partial charge in [0.05, 0.1) is 19.3 Å². The lowest BCUT2D eigenvalue weighted by molar-refractivity contribution is 0.103. The lowest BCUT2D eigenvalue weighted by atomic mass is 10.1. The van der Waals surface area contributed by atoms with Gasteiger partial charge >= 0.3 is 14.3 Å². The molecule has 32 heavy (non-hydrogen) atoms. The van der Waals surface area contributed by atoms with Crippen LogP contribution < -0.4 is 9.80 Å². The van der Waals surface area contributed by atoms with Crippen LogP contribution in [-0.4, -0.2) is 62.5 Å². The maximum atomic E-state index is 14.8. The zero-order valence-corrected chi connectivity index (χ0v) is 17.9. The number of aryl methyl sites for hydroxylation is 1. The van der Waals surface area contributed by atoms with Crippen LogP contribution in [0.3, 0.4) is 0 Å². The van der Waals surface area contributed by atoms with Gasteiger partial charge in [-0.25, -0.2) is 14.2 Å². The standard InChI is InChI=1S/C18H17FN7O5P/c1-24(17-21-23-25(2)22-17)16-6-3-11(8-20-16)14-5-4-12(7-15(14)19)26-9-13(31-18(26)27)10-30-32(28)29/h3-8,13H,9-10H2,1-2H3/p+1/t13-/m1/s1. The molecule has 1 saturated heterocycles. The zero-order chi connectivity index (χ0) is 22.8. The molecule has 1 amide bonds. The summed E-state index contributed by atoms with van der Waals surface area (Å²) in [6.07, 6.45) is 0.104. The Hall–Kier alpha value is -3.54. The van der Waals surface area contributed by atoms with Crippen molar-refractivity contribution in [2.24, 2.45) is 7.05 Å². The van der Waals surface area contributed by atoms with Crippen LogP contribution in [0.2, 0.25) is 0 Å². The lowest BCUT2D eigenvalue weighted by Crippen LogP contribution is -2.25.